The summed E-state index contributed by atoms with van der Waals surface area (Å²) in [7, 11) is 0. The van der Waals surface area contributed by atoms with E-state index in [0.717, 1.165) is 5.56 Å². The van der Waals surface area contributed by atoms with Gasteiger partial charge in [-0.15, -0.1) is 11.8 Å². The zero-order chi connectivity index (χ0) is 12.7. The van der Waals surface area contributed by atoms with Crippen LogP contribution < -0.4 is 5.73 Å². The van der Waals surface area contributed by atoms with E-state index in [1.165, 1.54) is 11.8 Å². The van der Waals surface area contributed by atoms with E-state index in [2.05, 4.69) is 0 Å². The first kappa shape index (κ1) is 14.4. The average Bonchev–Trinajstić information content (AvgIpc) is 2.32. The number of hydrogen-bond donors (Lipinski definition) is 1. The lowest BCUT2D eigenvalue weighted by molar-refractivity contribution is -0.139. The molecule has 94 valence electrons. The van der Waals surface area contributed by atoms with E-state index in [0.29, 0.717) is 23.9 Å². The van der Waals surface area contributed by atoms with Gasteiger partial charge in [0, 0.05) is 16.8 Å². The third kappa shape index (κ3) is 4.58. The van der Waals surface area contributed by atoms with Crippen molar-refractivity contribution in [2.24, 2.45) is 5.73 Å². The largest absolute Gasteiger partial charge is 0.465 e. The number of thioether (sulfide) groups is 1. The van der Waals surface area contributed by atoms with Crippen LogP contribution in [0.5, 0.6) is 0 Å². The summed E-state index contributed by atoms with van der Waals surface area (Å²) < 4.78 is 4.87. The van der Waals surface area contributed by atoms with E-state index < -0.39 is 0 Å². The minimum Gasteiger partial charge on any atom is -0.465 e. The summed E-state index contributed by atoms with van der Waals surface area (Å²) in [6, 6.07) is 7.53. The molecule has 0 saturated heterocycles. The van der Waals surface area contributed by atoms with Crippen LogP contribution in [0.2, 0.25) is 5.02 Å². The van der Waals surface area contributed by atoms with Gasteiger partial charge in [-0.2, -0.15) is 0 Å². The molecule has 0 heterocycles. The van der Waals surface area contributed by atoms with E-state index >= 15 is 0 Å². The predicted octanol–water partition coefficient (Wildman–Crippen LogP) is 2.64. The molecule has 0 aliphatic carbocycles. The van der Waals surface area contributed by atoms with Gasteiger partial charge in [0.05, 0.1) is 12.4 Å². The van der Waals surface area contributed by atoms with E-state index in [-0.39, 0.29) is 11.2 Å². The third-order valence-electron chi connectivity index (χ3n) is 2.17. The van der Waals surface area contributed by atoms with Crippen molar-refractivity contribution in [1.29, 1.82) is 0 Å². The van der Waals surface area contributed by atoms with E-state index in [1.54, 1.807) is 6.92 Å². The Bertz CT molecular complexity index is 373. The van der Waals surface area contributed by atoms with Crippen molar-refractivity contribution in [2.75, 3.05) is 18.9 Å². The number of carbonyl (C=O) groups excluding carboxylic acids is 1. The zero-order valence-corrected chi connectivity index (χ0v) is 11.3. The van der Waals surface area contributed by atoms with Gasteiger partial charge in [-0.25, -0.2) is 0 Å². The molecule has 0 aliphatic rings. The highest BCUT2D eigenvalue weighted by Crippen LogP contribution is 2.32. The summed E-state index contributed by atoms with van der Waals surface area (Å²) in [4.78, 5) is 11.3. The number of esters is 1. The normalized spacial score (nSPS) is 12.2. The van der Waals surface area contributed by atoms with Gasteiger partial charge in [0.2, 0.25) is 0 Å². The van der Waals surface area contributed by atoms with E-state index in [4.69, 9.17) is 22.1 Å². The Morgan fingerprint density at radius 1 is 1.53 bits per heavy atom. The second-order valence-electron chi connectivity index (χ2n) is 3.36. The van der Waals surface area contributed by atoms with Gasteiger partial charge in [-0.3, -0.25) is 4.79 Å². The maximum atomic E-state index is 11.3. The average molecular weight is 274 g/mol. The second-order valence-corrected chi connectivity index (χ2v) is 4.96. The van der Waals surface area contributed by atoms with Crippen molar-refractivity contribution in [3.05, 3.63) is 34.9 Å². The molecule has 3 nitrogen and oxygen atoms in total. The van der Waals surface area contributed by atoms with E-state index in [9.17, 15) is 4.79 Å². The molecule has 17 heavy (non-hydrogen) atoms. The lowest BCUT2D eigenvalue weighted by Crippen LogP contribution is -2.14. The number of rotatable bonds is 6. The van der Waals surface area contributed by atoms with Crippen molar-refractivity contribution < 1.29 is 9.53 Å². The van der Waals surface area contributed by atoms with E-state index in [1.807, 2.05) is 24.3 Å². The summed E-state index contributed by atoms with van der Waals surface area (Å²) in [6.07, 6.45) is 0. The number of benzene rings is 1. The summed E-state index contributed by atoms with van der Waals surface area (Å²) in [5.74, 6) is 0.0731. The number of ether oxygens (including phenoxy) is 1. The molecule has 0 amide bonds. The molecular formula is C12H16ClNO2S. The molecule has 1 rings (SSSR count). The summed E-state index contributed by atoms with van der Waals surface area (Å²) in [6.45, 7) is 2.63. The maximum Gasteiger partial charge on any atom is 0.315 e. The molecule has 0 saturated carbocycles. The van der Waals surface area contributed by atoms with Gasteiger partial charge >= 0.3 is 5.97 Å². The van der Waals surface area contributed by atoms with Crippen LogP contribution >= 0.6 is 23.4 Å². The Morgan fingerprint density at radius 3 is 2.82 bits per heavy atom. The molecule has 0 aliphatic heterocycles. The molecule has 2 N–H and O–H groups in total. The molecule has 0 aromatic heterocycles. The molecule has 0 radical (unpaired) electrons. The number of carbonyl (C=O) groups is 1. The van der Waals surface area contributed by atoms with Gasteiger partial charge in [0.15, 0.2) is 0 Å². The Hall–Kier alpha value is -0.710. The lowest BCUT2D eigenvalue weighted by atomic mass is 10.1. The van der Waals surface area contributed by atoms with Crippen LogP contribution in [0.4, 0.5) is 0 Å². The van der Waals surface area contributed by atoms with Crippen molar-refractivity contribution in [3.63, 3.8) is 0 Å². The lowest BCUT2D eigenvalue weighted by Gasteiger charge is -2.15. The van der Waals surface area contributed by atoms with Crippen molar-refractivity contribution in [2.45, 2.75) is 12.2 Å². The predicted molar refractivity (Wildman–Crippen MR) is 72.3 cm³/mol. The topological polar surface area (TPSA) is 52.3 Å². The minimum absolute atomic E-state index is 0.0214. The monoisotopic (exact) mass is 273 g/mol. The fourth-order valence-electron chi connectivity index (χ4n) is 1.39. The summed E-state index contributed by atoms with van der Waals surface area (Å²) >= 11 is 7.54. The fourth-order valence-corrected chi connectivity index (χ4v) is 2.67. The molecule has 1 aromatic carbocycles. The second kappa shape index (κ2) is 7.58. The van der Waals surface area contributed by atoms with Crippen LogP contribution in [0.3, 0.4) is 0 Å². The number of hydrogen-bond acceptors (Lipinski definition) is 4. The number of nitrogens with two attached hydrogens (primary N) is 1. The van der Waals surface area contributed by atoms with Gasteiger partial charge in [0.1, 0.15) is 0 Å². The molecule has 0 fully saturated rings. The van der Waals surface area contributed by atoms with Gasteiger partial charge in [-0.1, -0.05) is 29.8 Å². The van der Waals surface area contributed by atoms with Gasteiger partial charge in [-0.05, 0) is 18.6 Å². The molecule has 0 bridgehead atoms. The van der Waals surface area contributed by atoms with Crippen molar-refractivity contribution >= 4 is 29.3 Å². The van der Waals surface area contributed by atoms with Crippen LogP contribution in [0.1, 0.15) is 17.7 Å². The first-order valence-electron chi connectivity index (χ1n) is 5.40. The van der Waals surface area contributed by atoms with Crippen molar-refractivity contribution in [3.8, 4) is 0 Å². The fraction of sp³-hybridized carbons (Fsp3) is 0.417. The first-order valence-corrected chi connectivity index (χ1v) is 6.83. The van der Waals surface area contributed by atoms with Gasteiger partial charge < -0.3 is 10.5 Å². The maximum absolute atomic E-state index is 11.3. The minimum atomic E-state index is -0.219. The van der Waals surface area contributed by atoms with Crippen molar-refractivity contribution in [1.82, 2.24) is 0 Å². The summed E-state index contributed by atoms with van der Waals surface area (Å²) in [5, 5.41) is 0.701. The molecule has 1 unspecified atom stereocenters. The molecule has 1 aromatic rings. The van der Waals surface area contributed by atoms with Crippen LogP contribution in [0.15, 0.2) is 24.3 Å². The molecular weight excluding hydrogens is 258 g/mol. The van der Waals surface area contributed by atoms with Crippen LogP contribution in [-0.4, -0.2) is 24.9 Å². The molecule has 5 heteroatoms. The van der Waals surface area contributed by atoms with Crippen LogP contribution in [0.25, 0.3) is 0 Å². The highest BCUT2D eigenvalue weighted by Gasteiger charge is 2.15. The Kier molecular flexibility index (Phi) is 6.40. The third-order valence-corrected chi connectivity index (χ3v) is 3.77. The quantitative estimate of drug-likeness (QED) is 0.810. The SMILES string of the molecule is CCOC(=O)CSC(CN)c1ccccc1Cl. The first-order chi connectivity index (χ1) is 8.19. The van der Waals surface area contributed by atoms with Crippen LogP contribution in [0, 0.1) is 0 Å². The zero-order valence-electron chi connectivity index (χ0n) is 9.69. The smallest absolute Gasteiger partial charge is 0.315 e. The number of halogens is 1. The highest BCUT2D eigenvalue weighted by molar-refractivity contribution is 8.00. The Morgan fingerprint density at radius 2 is 2.24 bits per heavy atom. The van der Waals surface area contributed by atoms with Crippen LogP contribution in [-0.2, 0) is 9.53 Å². The highest BCUT2D eigenvalue weighted by atomic mass is 35.5. The standard InChI is InChI=1S/C12H16ClNO2S/c1-2-16-12(15)8-17-11(7-14)9-5-3-4-6-10(9)13/h3-6,11H,2,7-8,14H2,1H3. The molecule has 0 spiro atoms. The van der Waals surface area contributed by atoms with Gasteiger partial charge in [0.25, 0.3) is 0 Å². The summed E-state index contributed by atoms with van der Waals surface area (Å²) in [5.41, 5.74) is 6.67. The Labute approximate surface area is 111 Å². The molecule has 1 atom stereocenters. The Balaban J connectivity index is 2.60.